The van der Waals surface area contributed by atoms with Crippen molar-refractivity contribution in [2.75, 3.05) is 27.1 Å². The van der Waals surface area contributed by atoms with Gasteiger partial charge in [0.15, 0.2) is 27.1 Å². The molecule has 3 aromatic rings. The Morgan fingerprint density at radius 1 is 1.04 bits per heavy atom. The SMILES string of the molecule is COc1ccc(-c2oc3ccc(CCCO)cc3c2S(C)(=O)=O)cc1OC. The molecule has 0 bridgehead atoms. The molecule has 0 saturated heterocycles. The van der Waals surface area contributed by atoms with Gasteiger partial charge < -0.3 is 19.0 Å². The standard InChI is InChI=1S/C20H22O6S/c1-24-17-9-7-14(12-18(17)25-2)19-20(27(3,22)23)15-11-13(5-4-10-21)6-8-16(15)26-19/h6-9,11-12,21H,4-5,10H2,1-3H3. The fourth-order valence-electron chi connectivity index (χ4n) is 3.10. The Kier molecular flexibility index (Phi) is 5.43. The van der Waals surface area contributed by atoms with E-state index in [2.05, 4.69) is 0 Å². The number of rotatable bonds is 7. The predicted octanol–water partition coefficient (Wildman–Crippen LogP) is 3.45. The van der Waals surface area contributed by atoms with E-state index in [1.807, 2.05) is 12.1 Å². The van der Waals surface area contributed by atoms with Gasteiger partial charge in [0.05, 0.1) is 14.2 Å². The van der Waals surface area contributed by atoms with Gasteiger partial charge in [-0.15, -0.1) is 0 Å². The molecule has 0 aliphatic heterocycles. The molecule has 144 valence electrons. The second kappa shape index (κ2) is 7.62. The summed E-state index contributed by atoms with van der Waals surface area (Å²) in [5, 5.41) is 9.57. The number of aliphatic hydroxyl groups excluding tert-OH is 1. The summed E-state index contributed by atoms with van der Waals surface area (Å²) in [6, 6.07) is 10.6. The van der Waals surface area contributed by atoms with E-state index < -0.39 is 9.84 Å². The normalized spacial score (nSPS) is 11.7. The second-order valence-electron chi connectivity index (χ2n) is 6.26. The number of aryl methyl sites for hydroxylation is 1. The van der Waals surface area contributed by atoms with Crippen LogP contribution in [0.2, 0.25) is 0 Å². The van der Waals surface area contributed by atoms with E-state index in [1.165, 1.54) is 20.5 Å². The number of hydrogen-bond acceptors (Lipinski definition) is 6. The van der Waals surface area contributed by atoms with E-state index in [1.54, 1.807) is 24.3 Å². The highest BCUT2D eigenvalue weighted by molar-refractivity contribution is 7.91. The topological polar surface area (TPSA) is 86.0 Å². The fourth-order valence-corrected chi connectivity index (χ4v) is 4.15. The van der Waals surface area contributed by atoms with Crippen LogP contribution in [0.1, 0.15) is 12.0 Å². The average molecular weight is 390 g/mol. The molecule has 6 nitrogen and oxygen atoms in total. The Morgan fingerprint density at radius 3 is 2.41 bits per heavy atom. The highest BCUT2D eigenvalue weighted by Gasteiger charge is 2.25. The molecular weight excluding hydrogens is 368 g/mol. The summed E-state index contributed by atoms with van der Waals surface area (Å²) in [6.07, 6.45) is 2.44. The van der Waals surface area contributed by atoms with Gasteiger partial charge in [-0.3, -0.25) is 0 Å². The molecule has 7 heteroatoms. The van der Waals surface area contributed by atoms with Crippen molar-refractivity contribution in [2.24, 2.45) is 0 Å². The van der Waals surface area contributed by atoms with E-state index in [0.717, 1.165) is 5.56 Å². The highest BCUT2D eigenvalue weighted by Crippen LogP contribution is 2.40. The zero-order valence-electron chi connectivity index (χ0n) is 15.5. The molecule has 0 fully saturated rings. The van der Waals surface area contributed by atoms with Crippen LogP contribution in [-0.4, -0.2) is 40.6 Å². The molecule has 0 aliphatic rings. The monoisotopic (exact) mass is 390 g/mol. The molecule has 0 aliphatic carbocycles. The van der Waals surface area contributed by atoms with Crippen molar-refractivity contribution in [3.63, 3.8) is 0 Å². The molecule has 27 heavy (non-hydrogen) atoms. The van der Waals surface area contributed by atoms with Crippen molar-refractivity contribution in [3.8, 4) is 22.8 Å². The molecular formula is C20H22O6S. The minimum absolute atomic E-state index is 0.0826. The maximum atomic E-state index is 12.5. The van der Waals surface area contributed by atoms with Gasteiger partial charge in [0, 0.05) is 23.8 Å². The Morgan fingerprint density at radius 2 is 1.78 bits per heavy atom. The minimum atomic E-state index is -3.55. The average Bonchev–Trinajstić information content (AvgIpc) is 3.04. The lowest BCUT2D eigenvalue weighted by atomic mass is 10.1. The first kappa shape index (κ1) is 19.3. The van der Waals surface area contributed by atoms with Gasteiger partial charge in [-0.25, -0.2) is 8.42 Å². The Hall–Kier alpha value is -2.51. The smallest absolute Gasteiger partial charge is 0.179 e. The molecule has 0 amide bonds. The molecule has 0 saturated carbocycles. The molecule has 3 rings (SSSR count). The van der Waals surface area contributed by atoms with Gasteiger partial charge in [0.2, 0.25) is 0 Å². The van der Waals surface area contributed by atoms with E-state index in [9.17, 15) is 8.42 Å². The zero-order valence-corrected chi connectivity index (χ0v) is 16.3. The number of hydrogen-bond donors (Lipinski definition) is 1. The Balaban J connectivity index is 2.24. The van der Waals surface area contributed by atoms with Crippen molar-refractivity contribution in [1.29, 1.82) is 0 Å². The van der Waals surface area contributed by atoms with Crippen LogP contribution in [0, 0.1) is 0 Å². The number of fused-ring (bicyclic) bond motifs is 1. The van der Waals surface area contributed by atoms with Crippen molar-refractivity contribution < 1.29 is 27.4 Å². The molecule has 0 spiro atoms. The third-order valence-electron chi connectivity index (χ3n) is 4.35. The molecule has 1 N–H and O–H groups in total. The van der Waals surface area contributed by atoms with Crippen LogP contribution in [0.3, 0.4) is 0 Å². The third kappa shape index (κ3) is 3.79. The number of furan rings is 1. The van der Waals surface area contributed by atoms with E-state index >= 15 is 0 Å². The summed E-state index contributed by atoms with van der Waals surface area (Å²) in [5.41, 5.74) is 2.02. The number of sulfone groups is 1. The van der Waals surface area contributed by atoms with Crippen LogP contribution in [0.15, 0.2) is 45.7 Å². The lowest BCUT2D eigenvalue weighted by Crippen LogP contribution is -1.99. The van der Waals surface area contributed by atoms with Crippen LogP contribution < -0.4 is 9.47 Å². The number of benzene rings is 2. The van der Waals surface area contributed by atoms with Crippen molar-refractivity contribution in [1.82, 2.24) is 0 Å². The summed E-state index contributed by atoms with van der Waals surface area (Å²) in [5.74, 6) is 1.30. The lowest BCUT2D eigenvalue weighted by Gasteiger charge is -2.09. The molecule has 0 atom stereocenters. The molecule has 2 aromatic carbocycles. The third-order valence-corrected chi connectivity index (χ3v) is 5.49. The van der Waals surface area contributed by atoms with E-state index in [-0.39, 0.29) is 17.3 Å². The van der Waals surface area contributed by atoms with Crippen molar-refractivity contribution in [3.05, 3.63) is 42.0 Å². The van der Waals surface area contributed by atoms with Gasteiger partial charge in [0.25, 0.3) is 0 Å². The number of aliphatic hydroxyl groups is 1. The van der Waals surface area contributed by atoms with E-state index in [0.29, 0.717) is 40.9 Å². The van der Waals surface area contributed by atoms with Crippen LogP contribution in [0.4, 0.5) is 0 Å². The summed E-state index contributed by atoms with van der Waals surface area (Å²) in [4.78, 5) is 0.149. The Labute approximate surface area is 158 Å². The van der Waals surface area contributed by atoms with Crippen LogP contribution >= 0.6 is 0 Å². The van der Waals surface area contributed by atoms with Crippen molar-refractivity contribution >= 4 is 20.8 Å². The summed E-state index contributed by atoms with van der Waals surface area (Å²) < 4.78 is 41.6. The van der Waals surface area contributed by atoms with E-state index in [4.69, 9.17) is 19.0 Å². The summed E-state index contributed by atoms with van der Waals surface area (Å²) in [6.45, 7) is 0.0826. The summed E-state index contributed by atoms with van der Waals surface area (Å²) >= 11 is 0. The van der Waals surface area contributed by atoms with Crippen molar-refractivity contribution in [2.45, 2.75) is 17.7 Å². The van der Waals surface area contributed by atoms with Crippen LogP contribution in [-0.2, 0) is 16.3 Å². The first-order valence-corrected chi connectivity index (χ1v) is 10.4. The highest BCUT2D eigenvalue weighted by atomic mass is 32.2. The maximum Gasteiger partial charge on any atom is 0.179 e. The largest absolute Gasteiger partial charge is 0.493 e. The maximum absolute atomic E-state index is 12.5. The van der Waals surface area contributed by atoms with Gasteiger partial charge in [-0.1, -0.05) is 6.07 Å². The first-order valence-electron chi connectivity index (χ1n) is 8.47. The molecule has 0 radical (unpaired) electrons. The van der Waals surface area contributed by atoms with Gasteiger partial charge in [-0.2, -0.15) is 0 Å². The Bertz CT molecular complexity index is 1070. The summed E-state index contributed by atoms with van der Waals surface area (Å²) in [7, 11) is -0.497. The van der Waals surface area contributed by atoms with Crippen LogP contribution in [0.25, 0.3) is 22.3 Å². The predicted molar refractivity (Wildman–Crippen MR) is 103 cm³/mol. The molecule has 1 aromatic heterocycles. The van der Waals surface area contributed by atoms with Gasteiger partial charge >= 0.3 is 0 Å². The van der Waals surface area contributed by atoms with Gasteiger partial charge in [-0.05, 0) is 48.7 Å². The lowest BCUT2D eigenvalue weighted by molar-refractivity contribution is 0.288. The molecule has 0 unspecified atom stereocenters. The second-order valence-corrected chi connectivity index (χ2v) is 8.21. The quantitative estimate of drug-likeness (QED) is 0.665. The van der Waals surface area contributed by atoms with Crippen LogP contribution in [0.5, 0.6) is 11.5 Å². The fraction of sp³-hybridized carbons (Fsp3) is 0.300. The van der Waals surface area contributed by atoms with Gasteiger partial charge in [0.1, 0.15) is 10.5 Å². The minimum Gasteiger partial charge on any atom is -0.493 e. The number of ether oxygens (including phenoxy) is 2. The molecule has 1 heterocycles. The number of methoxy groups -OCH3 is 2. The zero-order chi connectivity index (χ0) is 19.6. The first-order chi connectivity index (χ1) is 12.9.